The number of aliphatic hydroxyl groups excluding tert-OH is 1. The highest BCUT2D eigenvalue weighted by Gasteiger charge is 2.25. The van der Waals surface area contributed by atoms with Crippen LogP contribution < -0.4 is 5.56 Å². The summed E-state index contributed by atoms with van der Waals surface area (Å²) in [7, 11) is 0. The smallest absolute Gasteiger partial charge is 0.259 e. The molecule has 7 heteroatoms. The summed E-state index contributed by atoms with van der Waals surface area (Å²) in [5.74, 6) is 0.673. The van der Waals surface area contributed by atoms with Gasteiger partial charge >= 0.3 is 0 Å². The number of aryl methyl sites for hydroxylation is 2. The minimum atomic E-state index is -0.595. The lowest BCUT2D eigenvalue weighted by atomic mass is 9.94. The number of nitrogens with one attached hydrogen (secondary N) is 1. The fraction of sp³-hybridized carbons (Fsp3) is 0.520. The van der Waals surface area contributed by atoms with Crippen LogP contribution in [0.15, 0.2) is 35.1 Å². The summed E-state index contributed by atoms with van der Waals surface area (Å²) in [4.78, 5) is 24.7. The molecule has 172 valence electrons. The van der Waals surface area contributed by atoms with E-state index in [0.717, 1.165) is 33.7 Å². The molecular formula is C25H33N3O3S. The summed E-state index contributed by atoms with van der Waals surface area (Å²) < 4.78 is 5.76. The molecule has 1 fully saturated rings. The molecule has 4 rings (SSSR count). The van der Waals surface area contributed by atoms with Gasteiger partial charge in [-0.1, -0.05) is 49.6 Å². The van der Waals surface area contributed by atoms with Gasteiger partial charge in [-0.15, -0.1) is 11.3 Å². The molecule has 1 aromatic carbocycles. The highest BCUT2D eigenvalue weighted by molar-refractivity contribution is 7.18. The molecule has 32 heavy (non-hydrogen) atoms. The van der Waals surface area contributed by atoms with Crippen LogP contribution in [0.4, 0.5) is 0 Å². The number of aliphatic hydroxyl groups is 1. The van der Waals surface area contributed by atoms with Crippen molar-refractivity contribution in [2.24, 2.45) is 0 Å². The van der Waals surface area contributed by atoms with Gasteiger partial charge in [0.05, 0.1) is 31.2 Å². The van der Waals surface area contributed by atoms with E-state index in [0.29, 0.717) is 36.9 Å². The molecule has 2 heterocycles. The molecule has 0 aliphatic heterocycles. The average molecular weight is 456 g/mol. The summed E-state index contributed by atoms with van der Waals surface area (Å²) in [6.07, 6.45) is 5.30. The lowest BCUT2D eigenvalue weighted by molar-refractivity contribution is -0.00393. The average Bonchev–Trinajstić information content (AvgIpc) is 3.08. The molecule has 1 aliphatic carbocycles. The Balaban J connectivity index is 1.44. The first-order valence-corrected chi connectivity index (χ1v) is 12.4. The maximum absolute atomic E-state index is 12.7. The molecule has 2 aromatic heterocycles. The van der Waals surface area contributed by atoms with E-state index >= 15 is 0 Å². The number of hydrogen-bond donors (Lipinski definition) is 2. The Morgan fingerprint density at radius 2 is 1.97 bits per heavy atom. The quantitative estimate of drug-likeness (QED) is 0.503. The summed E-state index contributed by atoms with van der Waals surface area (Å²) in [6.45, 7) is 5.81. The Hall–Kier alpha value is -2.06. The summed E-state index contributed by atoms with van der Waals surface area (Å²) in [6, 6.07) is 10.4. The van der Waals surface area contributed by atoms with E-state index in [1.165, 1.54) is 19.3 Å². The van der Waals surface area contributed by atoms with Gasteiger partial charge in [-0.2, -0.15) is 0 Å². The monoisotopic (exact) mass is 455 g/mol. The standard InChI is InChI=1S/C25H33N3O3S/c1-17-18(2)32-25-23(17)24(30)26-22(27-25)14-28(20-11-7-4-8-12-20)13-21(29)16-31-15-19-9-5-3-6-10-19/h3,5-6,9-10,20-21,29H,4,7-8,11-16H2,1-2H3,(H,26,27,30). The third-order valence-corrected chi connectivity index (χ3v) is 7.50. The molecule has 0 spiro atoms. The molecule has 0 saturated heterocycles. The van der Waals surface area contributed by atoms with Gasteiger partial charge in [0.15, 0.2) is 0 Å². The van der Waals surface area contributed by atoms with Crippen LogP contribution in [-0.2, 0) is 17.9 Å². The Morgan fingerprint density at radius 3 is 2.72 bits per heavy atom. The molecule has 1 saturated carbocycles. The zero-order valence-electron chi connectivity index (χ0n) is 19.0. The highest BCUT2D eigenvalue weighted by Crippen LogP contribution is 2.27. The van der Waals surface area contributed by atoms with Crippen LogP contribution in [-0.4, -0.2) is 45.3 Å². The minimum Gasteiger partial charge on any atom is -0.389 e. The van der Waals surface area contributed by atoms with E-state index in [2.05, 4.69) is 9.88 Å². The van der Waals surface area contributed by atoms with E-state index in [9.17, 15) is 9.90 Å². The van der Waals surface area contributed by atoms with Gasteiger partial charge in [-0.25, -0.2) is 4.98 Å². The molecule has 0 amide bonds. The van der Waals surface area contributed by atoms with Gasteiger partial charge in [0.1, 0.15) is 10.7 Å². The molecular weight excluding hydrogens is 422 g/mol. The summed E-state index contributed by atoms with van der Waals surface area (Å²) >= 11 is 1.57. The van der Waals surface area contributed by atoms with Gasteiger partial charge in [0, 0.05) is 17.5 Å². The van der Waals surface area contributed by atoms with E-state index in [4.69, 9.17) is 9.72 Å². The molecule has 1 aliphatic rings. The second-order valence-electron chi connectivity index (χ2n) is 8.85. The number of fused-ring (bicyclic) bond motifs is 1. The zero-order chi connectivity index (χ0) is 22.5. The van der Waals surface area contributed by atoms with Crippen LogP contribution in [0.3, 0.4) is 0 Å². The third-order valence-electron chi connectivity index (χ3n) is 6.40. The van der Waals surface area contributed by atoms with Crippen LogP contribution in [0.2, 0.25) is 0 Å². The van der Waals surface area contributed by atoms with Gasteiger partial charge in [-0.3, -0.25) is 9.69 Å². The number of hydrogen-bond acceptors (Lipinski definition) is 6. The Labute approximate surface area is 193 Å². The fourth-order valence-corrected chi connectivity index (χ4v) is 5.61. The SMILES string of the molecule is Cc1sc2nc(CN(CC(O)COCc3ccccc3)C3CCCCC3)[nH]c(=O)c2c1C. The maximum atomic E-state index is 12.7. The Bertz CT molecular complexity index is 1070. The van der Waals surface area contributed by atoms with Crippen molar-refractivity contribution >= 4 is 21.6 Å². The molecule has 0 bridgehead atoms. The second-order valence-corrected chi connectivity index (χ2v) is 10.1. The molecule has 6 nitrogen and oxygen atoms in total. The predicted octanol–water partition coefficient (Wildman–Crippen LogP) is 4.31. The molecule has 1 atom stereocenters. The fourth-order valence-electron chi connectivity index (χ4n) is 4.57. The van der Waals surface area contributed by atoms with Crippen molar-refractivity contribution in [1.29, 1.82) is 0 Å². The van der Waals surface area contributed by atoms with Crippen LogP contribution in [0.25, 0.3) is 10.2 Å². The number of nitrogens with zero attached hydrogens (tertiary/aromatic N) is 2. The van der Waals surface area contributed by atoms with Crippen molar-refractivity contribution in [2.75, 3.05) is 13.2 Å². The van der Waals surface area contributed by atoms with E-state index in [1.807, 2.05) is 44.2 Å². The normalized spacial score (nSPS) is 16.1. The van der Waals surface area contributed by atoms with Crippen molar-refractivity contribution in [3.63, 3.8) is 0 Å². The number of thiophene rings is 1. The first-order valence-electron chi connectivity index (χ1n) is 11.5. The Kier molecular flexibility index (Phi) is 7.73. The van der Waals surface area contributed by atoms with Crippen molar-refractivity contribution in [3.05, 3.63) is 62.5 Å². The maximum Gasteiger partial charge on any atom is 0.259 e. The Morgan fingerprint density at radius 1 is 1.22 bits per heavy atom. The lowest BCUT2D eigenvalue weighted by Crippen LogP contribution is -2.43. The van der Waals surface area contributed by atoms with Crippen LogP contribution in [0, 0.1) is 13.8 Å². The second kappa shape index (κ2) is 10.7. The van der Waals surface area contributed by atoms with E-state index in [1.54, 1.807) is 11.3 Å². The number of ether oxygens (including phenoxy) is 1. The lowest BCUT2D eigenvalue weighted by Gasteiger charge is -2.35. The number of rotatable bonds is 9. The third kappa shape index (κ3) is 5.64. The summed E-state index contributed by atoms with van der Waals surface area (Å²) in [5.41, 5.74) is 2.04. The van der Waals surface area contributed by atoms with Crippen molar-refractivity contribution in [2.45, 2.75) is 71.2 Å². The largest absolute Gasteiger partial charge is 0.389 e. The van der Waals surface area contributed by atoms with Crippen LogP contribution >= 0.6 is 11.3 Å². The van der Waals surface area contributed by atoms with Crippen LogP contribution in [0.1, 0.15) is 53.9 Å². The van der Waals surface area contributed by atoms with Gasteiger partial charge in [0.25, 0.3) is 5.56 Å². The topological polar surface area (TPSA) is 78.5 Å². The van der Waals surface area contributed by atoms with Crippen LogP contribution in [0.5, 0.6) is 0 Å². The number of aromatic amines is 1. The molecule has 2 N–H and O–H groups in total. The van der Waals surface area contributed by atoms with Crippen molar-refractivity contribution < 1.29 is 9.84 Å². The molecule has 3 aromatic rings. The molecule has 1 unspecified atom stereocenters. The van der Waals surface area contributed by atoms with Gasteiger partial charge in [-0.05, 0) is 37.8 Å². The minimum absolute atomic E-state index is 0.0674. The first-order chi connectivity index (χ1) is 15.5. The van der Waals surface area contributed by atoms with Crippen molar-refractivity contribution in [3.8, 4) is 0 Å². The molecule has 0 radical (unpaired) electrons. The summed E-state index contributed by atoms with van der Waals surface area (Å²) in [5, 5.41) is 11.4. The number of H-pyrrole nitrogens is 1. The van der Waals surface area contributed by atoms with Gasteiger partial charge < -0.3 is 14.8 Å². The van der Waals surface area contributed by atoms with Crippen molar-refractivity contribution in [1.82, 2.24) is 14.9 Å². The predicted molar refractivity (Wildman–Crippen MR) is 129 cm³/mol. The first kappa shape index (κ1) is 23.1. The van der Waals surface area contributed by atoms with Gasteiger partial charge in [0.2, 0.25) is 0 Å². The number of benzene rings is 1. The zero-order valence-corrected chi connectivity index (χ0v) is 19.8. The van der Waals surface area contributed by atoms with E-state index < -0.39 is 6.10 Å². The van der Waals surface area contributed by atoms with E-state index in [-0.39, 0.29) is 12.2 Å². The highest BCUT2D eigenvalue weighted by atomic mass is 32.1. The number of aromatic nitrogens is 2.